The van der Waals surface area contributed by atoms with E-state index in [2.05, 4.69) is 15.8 Å². The Bertz CT molecular complexity index is 1250. The van der Waals surface area contributed by atoms with Gasteiger partial charge >= 0.3 is 0 Å². The second kappa shape index (κ2) is 6.76. The number of aromatic nitrogens is 1. The standard InChI is InChI=1S/C21H17ClN2O2S/c1-27(25,26)24-20-11-5-10-19-17(20)13-21(23-19)15-7-4-6-14(12-15)16-8-2-3-9-18(16)22/h2-13,23-24H,1H3. The van der Waals surface area contributed by atoms with Crippen LogP contribution in [-0.2, 0) is 10.0 Å². The van der Waals surface area contributed by atoms with Crippen molar-refractivity contribution in [2.24, 2.45) is 0 Å². The SMILES string of the molecule is CS(=O)(=O)Nc1cccc2[nH]c(-c3cccc(-c4ccccc4Cl)c3)cc12. The molecule has 3 aromatic carbocycles. The van der Waals surface area contributed by atoms with Gasteiger partial charge in [0.2, 0.25) is 10.0 Å². The Morgan fingerprint density at radius 3 is 2.41 bits per heavy atom. The average Bonchev–Trinajstić information content (AvgIpc) is 3.06. The summed E-state index contributed by atoms with van der Waals surface area (Å²) in [7, 11) is -3.35. The summed E-state index contributed by atoms with van der Waals surface area (Å²) in [6.07, 6.45) is 1.15. The maximum absolute atomic E-state index is 11.6. The summed E-state index contributed by atoms with van der Waals surface area (Å²) in [5, 5.41) is 1.52. The third kappa shape index (κ3) is 3.70. The number of sulfonamides is 1. The lowest BCUT2D eigenvalue weighted by Crippen LogP contribution is -2.09. The lowest BCUT2D eigenvalue weighted by molar-refractivity contribution is 0.607. The summed E-state index contributed by atoms with van der Waals surface area (Å²) in [6.45, 7) is 0. The van der Waals surface area contributed by atoms with Crippen molar-refractivity contribution in [3.63, 3.8) is 0 Å². The monoisotopic (exact) mass is 396 g/mol. The van der Waals surface area contributed by atoms with Crippen molar-refractivity contribution in [2.75, 3.05) is 11.0 Å². The fourth-order valence-corrected chi connectivity index (χ4v) is 3.97. The minimum atomic E-state index is -3.35. The van der Waals surface area contributed by atoms with Crippen LogP contribution in [0.1, 0.15) is 0 Å². The zero-order chi connectivity index (χ0) is 19.0. The molecule has 4 rings (SSSR count). The van der Waals surface area contributed by atoms with Crippen LogP contribution in [0.25, 0.3) is 33.3 Å². The van der Waals surface area contributed by atoms with Gasteiger partial charge in [0.1, 0.15) is 0 Å². The van der Waals surface area contributed by atoms with Gasteiger partial charge in [0.05, 0.1) is 11.9 Å². The van der Waals surface area contributed by atoms with E-state index in [0.29, 0.717) is 10.7 Å². The minimum absolute atomic E-state index is 0.555. The summed E-state index contributed by atoms with van der Waals surface area (Å²) >= 11 is 6.33. The molecule has 4 nitrogen and oxygen atoms in total. The number of benzene rings is 3. The van der Waals surface area contributed by atoms with Gasteiger partial charge < -0.3 is 4.98 Å². The predicted molar refractivity (Wildman–Crippen MR) is 113 cm³/mol. The van der Waals surface area contributed by atoms with Gasteiger partial charge in [-0.3, -0.25) is 4.72 Å². The van der Waals surface area contributed by atoms with Crippen molar-refractivity contribution < 1.29 is 8.42 Å². The molecule has 136 valence electrons. The number of fused-ring (bicyclic) bond motifs is 1. The molecular formula is C21H17ClN2O2S. The first kappa shape index (κ1) is 17.6. The molecule has 4 aromatic rings. The molecule has 0 saturated carbocycles. The van der Waals surface area contributed by atoms with E-state index in [-0.39, 0.29) is 0 Å². The maximum atomic E-state index is 11.6. The van der Waals surface area contributed by atoms with Gasteiger partial charge in [-0.2, -0.15) is 0 Å². The third-order valence-corrected chi connectivity index (χ3v) is 5.24. The fraction of sp³-hybridized carbons (Fsp3) is 0.0476. The molecule has 0 unspecified atom stereocenters. The molecule has 0 bridgehead atoms. The van der Waals surface area contributed by atoms with Gasteiger partial charge in [0.15, 0.2) is 0 Å². The molecule has 0 spiro atoms. The fourth-order valence-electron chi connectivity index (χ4n) is 3.15. The summed E-state index contributed by atoms with van der Waals surface area (Å²) in [6, 6.07) is 23.2. The van der Waals surface area contributed by atoms with E-state index in [1.807, 2.05) is 60.7 Å². The Hall–Kier alpha value is -2.76. The van der Waals surface area contributed by atoms with Crippen molar-refractivity contribution >= 4 is 38.2 Å². The second-order valence-corrected chi connectivity index (χ2v) is 8.54. The molecule has 1 heterocycles. The molecule has 0 radical (unpaired) electrons. The topological polar surface area (TPSA) is 62.0 Å². The number of anilines is 1. The van der Waals surface area contributed by atoms with Crippen LogP contribution in [0, 0.1) is 0 Å². The van der Waals surface area contributed by atoms with Crippen LogP contribution in [0.15, 0.2) is 72.8 Å². The first-order chi connectivity index (χ1) is 12.9. The number of nitrogens with one attached hydrogen (secondary N) is 2. The van der Waals surface area contributed by atoms with Crippen molar-refractivity contribution in [2.45, 2.75) is 0 Å². The Kier molecular flexibility index (Phi) is 4.42. The van der Waals surface area contributed by atoms with Gasteiger partial charge in [-0.05, 0) is 41.5 Å². The minimum Gasteiger partial charge on any atom is -0.354 e. The number of rotatable bonds is 4. The largest absolute Gasteiger partial charge is 0.354 e. The quantitative estimate of drug-likeness (QED) is 0.476. The smallest absolute Gasteiger partial charge is 0.229 e. The summed E-state index contributed by atoms with van der Waals surface area (Å²) in [4.78, 5) is 3.36. The number of aromatic amines is 1. The number of hydrogen-bond donors (Lipinski definition) is 2. The zero-order valence-corrected chi connectivity index (χ0v) is 16.1. The maximum Gasteiger partial charge on any atom is 0.229 e. The molecule has 0 aliphatic rings. The Morgan fingerprint density at radius 2 is 1.63 bits per heavy atom. The van der Waals surface area contributed by atoms with Crippen molar-refractivity contribution in [1.82, 2.24) is 4.98 Å². The van der Waals surface area contributed by atoms with E-state index in [1.165, 1.54) is 0 Å². The molecule has 1 aromatic heterocycles. The van der Waals surface area contributed by atoms with Crippen LogP contribution < -0.4 is 4.72 Å². The number of H-pyrrole nitrogens is 1. The molecule has 27 heavy (non-hydrogen) atoms. The third-order valence-electron chi connectivity index (χ3n) is 4.32. The van der Waals surface area contributed by atoms with Crippen molar-refractivity contribution in [3.8, 4) is 22.4 Å². The van der Waals surface area contributed by atoms with Gasteiger partial charge in [-0.25, -0.2) is 8.42 Å². The van der Waals surface area contributed by atoms with Gasteiger partial charge in [-0.1, -0.05) is 54.1 Å². The summed E-state index contributed by atoms with van der Waals surface area (Å²) < 4.78 is 25.8. The van der Waals surface area contributed by atoms with Crippen LogP contribution in [-0.4, -0.2) is 19.7 Å². The average molecular weight is 397 g/mol. The van der Waals surface area contributed by atoms with Gasteiger partial charge in [0.25, 0.3) is 0 Å². The zero-order valence-electron chi connectivity index (χ0n) is 14.5. The first-order valence-corrected chi connectivity index (χ1v) is 10.6. The van der Waals surface area contributed by atoms with Crippen LogP contribution in [0.4, 0.5) is 5.69 Å². The Balaban J connectivity index is 1.81. The Labute approximate surface area is 162 Å². The van der Waals surface area contributed by atoms with Gasteiger partial charge in [0, 0.05) is 27.2 Å². The highest BCUT2D eigenvalue weighted by molar-refractivity contribution is 7.92. The lowest BCUT2D eigenvalue weighted by Gasteiger charge is -2.06. The van der Waals surface area contributed by atoms with Crippen LogP contribution >= 0.6 is 11.6 Å². The molecule has 0 aliphatic carbocycles. The highest BCUT2D eigenvalue weighted by Gasteiger charge is 2.11. The second-order valence-electron chi connectivity index (χ2n) is 6.38. The first-order valence-electron chi connectivity index (χ1n) is 8.35. The van der Waals surface area contributed by atoms with E-state index in [0.717, 1.165) is 39.5 Å². The van der Waals surface area contributed by atoms with E-state index < -0.39 is 10.0 Å². The predicted octanol–water partition coefficient (Wildman–Crippen LogP) is 5.53. The molecule has 2 N–H and O–H groups in total. The van der Waals surface area contributed by atoms with E-state index in [1.54, 1.807) is 6.07 Å². The molecule has 6 heteroatoms. The van der Waals surface area contributed by atoms with Crippen LogP contribution in [0.3, 0.4) is 0 Å². The molecule has 0 fully saturated rings. The number of hydrogen-bond acceptors (Lipinski definition) is 2. The van der Waals surface area contributed by atoms with E-state index in [9.17, 15) is 8.42 Å². The molecule has 0 saturated heterocycles. The highest BCUT2D eigenvalue weighted by Crippen LogP contribution is 2.33. The van der Waals surface area contributed by atoms with Gasteiger partial charge in [-0.15, -0.1) is 0 Å². The van der Waals surface area contributed by atoms with Crippen LogP contribution in [0.2, 0.25) is 5.02 Å². The van der Waals surface area contributed by atoms with E-state index in [4.69, 9.17) is 11.6 Å². The Morgan fingerprint density at radius 1 is 0.889 bits per heavy atom. The highest BCUT2D eigenvalue weighted by atomic mass is 35.5. The molecule has 0 atom stereocenters. The summed E-state index contributed by atoms with van der Waals surface area (Å²) in [5.74, 6) is 0. The van der Waals surface area contributed by atoms with Crippen molar-refractivity contribution in [1.29, 1.82) is 0 Å². The van der Waals surface area contributed by atoms with E-state index >= 15 is 0 Å². The lowest BCUT2D eigenvalue weighted by atomic mass is 10.0. The molecular weight excluding hydrogens is 380 g/mol. The molecule has 0 aliphatic heterocycles. The van der Waals surface area contributed by atoms with Crippen molar-refractivity contribution in [3.05, 3.63) is 77.8 Å². The normalized spacial score (nSPS) is 11.6. The van der Waals surface area contributed by atoms with Crippen LogP contribution in [0.5, 0.6) is 0 Å². The number of halogens is 1. The summed E-state index contributed by atoms with van der Waals surface area (Å²) in [5.41, 5.74) is 5.31. The molecule has 0 amide bonds.